The fourth-order valence-electron chi connectivity index (χ4n) is 2.56. The summed E-state index contributed by atoms with van der Waals surface area (Å²) < 4.78 is 7.55. The molecule has 0 aliphatic rings. The smallest absolute Gasteiger partial charge is 0.346 e. The van der Waals surface area contributed by atoms with Gasteiger partial charge in [0.2, 0.25) is 5.88 Å². The number of benzene rings is 2. The first-order valence-corrected chi connectivity index (χ1v) is 10.2. The van der Waals surface area contributed by atoms with Crippen LogP contribution in [0.4, 0.5) is 0 Å². The van der Waals surface area contributed by atoms with Crippen molar-refractivity contribution in [1.29, 1.82) is 0 Å². The zero-order valence-corrected chi connectivity index (χ0v) is 18.3. The van der Waals surface area contributed by atoms with Gasteiger partial charge in [-0.2, -0.15) is 5.10 Å². The number of aryl methyl sites for hydroxylation is 1. The van der Waals surface area contributed by atoms with Gasteiger partial charge in [-0.15, -0.1) is 0 Å². The number of ether oxygens (including phenoxy) is 1. The van der Waals surface area contributed by atoms with Crippen LogP contribution in [0.2, 0.25) is 10.0 Å². The number of aromatic nitrogens is 2. The number of esters is 1. The van der Waals surface area contributed by atoms with Gasteiger partial charge in [-0.05, 0) is 58.0 Å². The van der Waals surface area contributed by atoms with Crippen molar-refractivity contribution in [2.45, 2.75) is 43.0 Å². The quantitative estimate of drug-likeness (QED) is 0.432. The van der Waals surface area contributed by atoms with E-state index in [1.807, 2.05) is 58.0 Å². The van der Waals surface area contributed by atoms with Crippen molar-refractivity contribution < 1.29 is 9.53 Å². The number of rotatable bonds is 4. The van der Waals surface area contributed by atoms with E-state index in [0.717, 1.165) is 15.5 Å². The van der Waals surface area contributed by atoms with Crippen molar-refractivity contribution in [2.75, 3.05) is 0 Å². The van der Waals surface area contributed by atoms with Gasteiger partial charge in [0.1, 0.15) is 0 Å². The first kappa shape index (κ1) is 20.8. The molecule has 2 aromatic carbocycles. The third-order valence-electron chi connectivity index (χ3n) is 3.90. The molecular formula is C21H20Cl2N2O2S. The molecule has 1 heterocycles. The molecule has 28 heavy (non-hydrogen) atoms. The monoisotopic (exact) mass is 434 g/mol. The standard InChI is InChI=1S/C21H20Cl2N2O2S/c1-13-18(28-15-8-6-5-7-9-15)19(25(24-13)21(2,3)4)27-20(26)16-11-10-14(22)12-17(16)23/h5-12H,1-4H3. The minimum Gasteiger partial charge on any atom is -0.403 e. The fraction of sp³-hybridized carbons (Fsp3) is 0.238. The van der Waals surface area contributed by atoms with Crippen molar-refractivity contribution in [3.8, 4) is 5.88 Å². The molecule has 0 amide bonds. The minimum atomic E-state index is -0.554. The first-order valence-electron chi connectivity index (χ1n) is 8.67. The van der Waals surface area contributed by atoms with E-state index in [9.17, 15) is 4.79 Å². The number of hydrogen-bond acceptors (Lipinski definition) is 4. The summed E-state index contributed by atoms with van der Waals surface area (Å²) in [4.78, 5) is 14.7. The largest absolute Gasteiger partial charge is 0.403 e. The van der Waals surface area contributed by atoms with Crippen LogP contribution in [0.15, 0.2) is 58.3 Å². The lowest BCUT2D eigenvalue weighted by atomic mass is 10.1. The molecule has 0 radical (unpaired) electrons. The lowest BCUT2D eigenvalue weighted by Gasteiger charge is -2.22. The molecule has 0 spiro atoms. The normalized spacial score (nSPS) is 11.5. The number of hydrogen-bond donors (Lipinski definition) is 0. The SMILES string of the molecule is Cc1nn(C(C)(C)C)c(OC(=O)c2ccc(Cl)cc2Cl)c1Sc1ccccc1. The third kappa shape index (κ3) is 4.54. The van der Waals surface area contributed by atoms with Crippen molar-refractivity contribution in [3.05, 3.63) is 69.8 Å². The molecule has 0 aliphatic heterocycles. The number of halogens is 2. The van der Waals surface area contributed by atoms with E-state index in [1.165, 1.54) is 17.8 Å². The predicted molar refractivity (Wildman–Crippen MR) is 114 cm³/mol. The molecule has 0 N–H and O–H groups in total. The Kier molecular flexibility index (Phi) is 6.08. The fourth-order valence-corrected chi connectivity index (χ4v) is 3.98. The molecule has 146 valence electrons. The van der Waals surface area contributed by atoms with E-state index in [1.54, 1.807) is 16.8 Å². The molecule has 7 heteroatoms. The molecule has 0 saturated carbocycles. The maximum absolute atomic E-state index is 12.8. The van der Waals surface area contributed by atoms with Crippen LogP contribution < -0.4 is 4.74 Å². The van der Waals surface area contributed by atoms with Crippen molar-refractivity contribution in [2.24, 2.45) is 0 Å². The van der Waals surface area contributed by atoms with E-state index in [0.29, 0.717) is 10.9 Å². The van der Waals surface area contributed by atoms with Crippen molar-refractivity contribution in [1.82, 2.24) is 9.78 Å². The molecule has 1 aromatic heterocycles. The van der Waals surface area contributed by atoms with Crippen LogP contribution in [-0.4, -0.2) is 15.7 Å². The summed E-state index contributed by atoms with van der Waals surface area (Å²) in [6.07, 6.45) is 0. The summed E-state index contributed by atoms with van der Waals surface area (Å²) in [6, 6.07) is 14.6. The minimum absolute atomic E-state index is 0.244. The molecule has 0 atom stereocenters. The predicted octanol–water partition coefficient (Wildman–Crippen LogP) is 6.62. The highest BCUT2D eigenvalue weighted by Crippen LogP contribution is 2.40. The van der Waals surface area contributed by atoms with Gasteiger partial charge in [0.05, 0.1) is 26.7 Å². The molecule has 0 aliphatic carbocycles. The Labute approximate surface area is 178 Å². The topological polar surface area (TPSA) is 44.1 Å². The second-order valence-electron chi connectivity index (χ2n) is 7.23. The lowest BCUT2D eigenvalue weighted by Crippen LogP contribution is -2.25. The highest BCUT2D eigenvalue weighted by Gasteiger charge is 2.28. The summed E-state index contributed by atoms with van der Waals surface area (Å²) in [5, 5.41) is 5.33. The van der Waals surface area contributed by atoms with Crippen LogP contribution in [-0.2, 0) is 5.54 Å². The van der Waals surface area contributed by atoms with Crippen LogP contribution in [0.1, 0.15) is 36.8 Å². The molecule has 0 unspecified atom stereocenters. The van der Waals surface area contributed by atoms with Gasteiger partial charge < -0.3 is 4.74 Å². The Morgan fingerprint density at radius 1 is 1.11 bits per heavy atom. The van der Waals surface area contributed by atoms with Gasteiger partial charge >= 0.3 is 5.97 Å². The van der Waals surface area contributed by atoms with Gasteiger partial charge in [0.25, 0.3) is 0 Å². The Morgan fingerprint density at radius 2 is 1.79 bits per heavy atom. The maximum Gasteiger partial charge on any atom is 0.346 e. The van der Waals surface area contributed by atoms with E-state index in [-0.39, 0.29) is 16.1 Å². The third-order valence-corrected chi connectivity index (χ3v) is 5.63. The van der Waals surface area contributed by atoms with Crippen LogP contribution in [0.5, 0.6) is 5.88 Å². The molecule has 3 aromatic rings. The van der Waals surface area contributed by atoms with Crippen molar-refractivity contribution >= 4 is 40.9 Å². The lowest BCUT2D eigenvalue weighted by molar-refractivity contribution is 0.0704. The van der Waals surface area contributed by atoms with E-state index < -0.39 is 5.97 Å². The highest BCUT2D eigenvalue weighted by atomic mass is 35.5. The molecule has 4 nitrogen and oxygen atoms in total. The van der Waals surface area contributed by atoms with Crippen molar-refractivity contribution in [3.63, 3.8) is 0 Å². The van der Waals surface area contributed by atoms with Crippen LogP contribution in [0.25, 0.3) is 0 Å². The van der Waals surface area contributed by atoms with Gasteiger partial charge in [-0.3, -0.25) is 0 Å². The number of carbonyl (C=O) groups excluding carboxylic acids is 1. The number of carbonyl (C=O) groups is 1. The second kappa shape index (κ2) is 8.19. The molecule has 0 fully saturated rings. The first-order chi connectivity index (χ1) is 13.2. The summed E-state index contributed by atoms with van der Waals surface area (Å²) in [6.45, 7) is 7.91. The van der Waals surface area contributed by atoms with E-state index in [4.69, 9.17) is 27.9 Å². The number of nitrogens with zero attached hydrogens (tertiary/aromatic N) is 2. The molecule has 0 saturated heterocycles. The van der Waals surface area contributed by atoms with Crippen LogP contribution in [0.3, 0.4) is 0 Å². The maximum atomic E-state index is 12.8. The van der Waals surface area contributed by atoms with Gasteiger partial charge in [-0.25, -0.2) is 9.48 Å². The van der Waals surface area contributed by atoms with Crippen LogP contribution in [0, 0.1) is 6.92 Å². The van der Waals surface area contributed by atoms with E-state index in [2.05, 4.69) is 5.10 Å². The zero-order valence-electron chi connectivity index (χ0n) is 16.0. The summed E-state index contributed by atoms with van der Waals surface area (Å²) in [5.41, 5.74) is 0.662. The zero-order chi connectivity index (χ0) is 20.5. The highest BCUT2D eigenvalue weighted by molar-refractivity contribution is 7.99. The molecular weight excluding hydrogens is 415 g/mol. The van der Waals surface area contributed by atoms with Crippen LogP contribution >= 0.6 is 35.0 Å². The molecule has 3 rings (SSSR count). The Balaban J connectivity index is 2.03. The Bertz CT molecular complexity index is 1010. The van der Waals surface area contributed by atoms with Gasteiger partial charge in [-0.1, -0.05) is 53.2 Å². The molecule has 0 bridgehead atoms. The Morgan fingerprint density at radius 3 is 2.39 bits per heavy atom. The average Bonchev–Trinajstić information content (AvgIpc) is 2.92. The summed E-state index contributed by atoms with van der Waals surface area (Å²) in [7, 11) is 0. The van der Waals surface area contributed by atoms with E-state index >= 15 is 0 Å². The summed E-state index contributed by atoms with van der Waals surface area (Å²) >= 11 is 13.6. The average molecular weight is 435 g/mol. The second-order valence-corrected chi connectivity index (χ2v) is 9.16. The Hall–Kier alpha value is -1.95. The van der Waals surface area contributed by atoms with Gasteiger partial charge in [0.15, 0.2) is 0 Å². The summed E-state index contributed by atoms with van der Waals surface area (Å²) in [5.74, 6) is -0.156. The van der Waals surface area contributed by atoms with Gasteiger partial charge in [0, 0.05) is 9.92 Å².